The lowest BCUT2D eigenvalue weighted by Crippen LogP contribution is -2.39. The first-order valence-electron chi connectivity index (χ1n) is 5.50. The molecule has 0 saturated carbocycles. The Morgan fingerprint density at radius 3 is 2.44 bits per heavy atom. The van der Waals surface area contributed by atoms with E-state index < -0.39 is 17.9 Å². The molecule has 1 aliphatic rings. The molecule has 1 aliphatic heterocycles. The van der Waals surface area contributed by atoms with Crippen LogP contribution in [0.3, 0.4) is 0 Å². The summed E-state index contributed by atoms with van der Waals surface area (Å²) in [4.78, 5) is 5.15. The van der Waals surface area contributed by atoms with Crippen molar-refractivity contribution in [3.63, 3.8) is 0 Å². The van der Waals surface area contributed by atoms with E-state index in [9.17, 15) is 17.6 Å². The van der Waals surface area contributed by atoms with Crippen LogP contribution in [0.25, 0.3) is 0 Å². The lowest BCUT2D eigenvalue weighted by atomic mass is 9.96. The van der Waals surface area contributed by atoms with Gasteiger partial charge in [0.2, 0.25) is 0 Å². The van der Waals surface area contributed by atoms with Crippen LogP contribution in [0.5, 0.6) is 0 Å². The SMILES string of the molecule is Fc1cnc(Cl)cc1N1CCC(C(F)(F)F)CC1. The molecule has 18 heavy (non-hydrogen) atoms. The van der Waals surface area contributed by atoms with Crippen molar-refractivity contribution in [1.29, 1.82) is 0 Å². The molecule has 1 fully saturated rings. The van der Waals surface area contributed by atoms with Crippen molar-refractivity contribution in [1.82, 2.24) is 4.98 Å². The molecule has 100 valence electrons. The molecule has 2 rings (SSSR count). The van der Waals surface area contributed by atoms with Crippen molar-refractivity contribution in [3.05, 3.63) is 23.2 Å². The molecule has 0 spiro atoms. The molecule has 2 nitrogen and oxygen atoms in total. The van der Waals surface area contributed by atoms with Crippen LogP contribution < -0.4 is 4.90 Å². The van der Waals surface area contributed by atoms with Gasteiger partial charge in [-0.3, -0.25) is 0 Å². The van der Waals surface area contributed by atoms with Gasteiger partial charge >= 0.3 is 6.18 Å². The summed E-state index contributed by atoms with van der Waals surface area (Å²) in [5.74, 6) is -1.86. The van der Waals surface area contributed by atoms with Crippen molar-refractivity contribution in [2.45, 2.75) is 19.0 Å². The summed E-state index contributed by atoms with van der Waals surface area (Å²) in [7, 11) is 0. The second-order valence-corrected chi connectivity index (χ2v) is 4.65. The molecule has 0 aliphatic carbocycles. The van der Waals surface area contributed by atoms with E-state index in [0.717, 1.165) is 6.20 Å². The standard InChI is InChI=1S/C11H11ClF4N2/c12-10-5-9(8(13)6-17-10)18-3-1-7(2-4-18)11(14,15)16/h5-7H,1-4H2. The van der Waals surface area contributed by atoms with Crippen LogP contribution >= 0.6 is 11.6 Å². The largest absolute Gasteiger partial charge is 0.391 e. The van der Waals surface area contributed by atoms with E-state index in [0.29, 0.717) is 0 Å². The maximum atomic E-state index is 13.5. The smallest absolute Gasteiger partial charge is 0.369 e. The number of pyridine rings is 1. The fraction of sp³-hybridized carbons (Fsp3) is 0.545. The molecular formula is C11H11ClF4N2. The molecule has 0 N–H and O–H groups in total. The Hall–Kier alpha value is -1.04. The summed E-state index contributed by atoms with van der Waals surface area (Å²) in [5, 5.41) is 0.129. The van der Waals surface area contributed by atoms with Gasteiger partial charge in [0, 0.05) is 19.2 Å². The minimum absolute atomic E-state index is 0.0249. The number of hydrogen-bond donors (Lipinski definition) is 0. The number of hydrogen-bond acceptors (Lipinski definition) is 2. The van der Waals surface area contributed by atoms with Crippen LogP contribution in [0.4, 0.5) is 23.2 Å². The second kappa shape index (κ2) is 4.91. The van der Waals surface area contributed by atoms with Crippen molar-refractivity contribution < 1.29 is 17.6 Å². The number of aromatic nitrogens is 1. The number of alkyl halides is 3. The molecule has 1 saturated heterocycles. The molecular weight excluding hydrogens is 272 g/mol. The van der Waals surface area contributed by atoms with E-state index in [4.69, 9.17) is 11.6 Å². The molecule has 0 unspecified atom stereocenters. The number of nitrogens with zero attached hydrogens (tertiary/aromatic N) is 2. The third kappa shape index (κ3) is 2.85. The van der Waals surface area contributed by atoms with Gasteiger partial charge in [0.25, 0.3) is 0 Å². The Kier molecular flexibility index (Phi) is 3.66. The number of anilines is 1. The van der Waals surface area contributed by atoms with E-state index in [1.54, 1.807) is 4.90 Å². The topological polar surface area (TPSA) is 16.1 Å². The number of rotatable bonds is 1. The van der Waals surface area contributed by atoms with Crippen LogP contribution in [0.1, 0.15) is 12.8 Å². The molecule has 0 aromatic carbocycles. The molecule has 2 heterocycles. The predicted molar refractivity (Wildman–Crippen MR) is 60.2 cm³/mol. The molecule has 0 atom stereocenters. The van der Waals surface area contributed by atoms with E-state index in [-0.39, 0.29) is 36.8 Å². The van der Waals surface area contributed by atoms with Gasteiger partial charge in [-0.1, -0.05) is 11.6 Å². The van der Waals surface area contributed by atoms with Gasteiger partial charge in [-0.2, -0.15) is 13.2 Å². The zero-order valence-electron chi connectivity index (χ0n) is 9.34. The third-order valence-electron chi connectivity index (χ3n) is 3.10. The number of piperidine rings is 1. The fourth-order valence-electron chi connectivity index (χ4n) is 2.09. The monoisotopic (exact) mass is 282 g/mol. The van der Waals surface area contributed by atoms with Gasteiger partial charge in [-0.15, -0.1) is 0 Å². The second-order valence-electron chi connectivity index (χ2n) is 4.26. The van der Waals surface area contributed by atoms with Crippen molar-refractivity contribution in [3.8, 4) is 0 Å². The maximum Gasteiger partial charge on any atom is 0.391 e. The molecule has 0 bridgehead atoms. The summed E-state index contributed by atoms with van der Waals surface area (Å²) in [5.41, 5.74) is 0.218. The Balaban J connectivity index is 2.08. The highest BCUT2D eigenvalue weighted by Gasteiger charge is 2.41. The lowest BCUT2D eigenvalue weighted by Gasteiger charge is -2.34. The molecule has 7 heteroatoms. The normalized spacial score (nSPS) is 18.2. The first kappa shape index (κ1) is 13.4. The summed E-state index contributed by atoms with van der Waals surface area (Å²) < 4.78 is 51.0. The molecule has 0 radical (unpaired) electrons. The van der Waals surface area contributed by atoms with Gasteiger partial charge in [0.05, 0.1) is 17.8 Å². The van der Waals surface area contributed by atoms with Gasteiger partial charge in [-0.05, 0) is 12.8 Å². The summed E-state index contributed by atoms with van der Waals surface area (Å²) in [6, 6.07) is 1.34. The van der Waals surface area contributed by atoms with Crippen LogP contribution in [0, 0.1) is 11.7 Å². The van der Waals surface area contributed by atoms with Gasteiger partial charge in [0.15, 0.2) is 5.82 Å². The van der Waals surface area contributed by atoms with Gasteiger partial charge in [-0.25, -0.2) is 9.37 Å². The highest BCUT2D eigenvalue weighted by Crippen LogP contribution is 2.36. The Bertz CT molecular complexity index is 428. The fourth-order valence-corrected chi connectivity index (χ4v) is 2.25. The minimum Gasteiger partial charge on any atom is -0.369 e. The highest BCUT2D eigenvalue weighted by molar-refractivity contribution is 6.29. The van der Waals surface area contributed by atoms with Crippen molar-refractivity contribution in [2.24, 2.45) is 5.92 Å². The summed E-state index contributed by atoms with van der Waals surface area (Å²) in [6.45, 7) is 0.336. The van der Waals surface area contributed by atoms with Crippen LogP contribution in [0.15, 0.2) is 12.3 Å². The first-order chi connectivity index (χ1) is 8.38. The van der Waals surface area contributed by atoms with Crippen LogP contribution in [0.2, 0.25) is 5.15 Å². The Labute approximate surface area is 107 Å². The highest BCUT2D eigenvalue weighted by atomic mass is 35.5. The van der Waals surface area contributed by atoms with Crippen LogP contribution in [-0.2, 0) is 0 Å². The van der Waals surface area contributed by atoms with Gasteiger partial charge in [0.1, 0.15) is 5.15 Å². The maximum absolute atomic E-state index is 13.5. The quantitative estimate of drug-likeness (QED) is 0.577. The summed E-state index contributed by atoms with van der Waals surface area (Å²) >= 11 is 5.65. The molecule has 1 aromatic rings. The van der Waals surface area contributed by atoms with Crippen LogP contribution in [-0.4, -0.2) is 24.2 Å². The van der Waals surface area contributed by atoms with E-state index >= 15 is 0 Å². The predicted octanol–water partition coefficient (Wildman–Crippen LogP) is 3.65. The average Bonchev–Trinajstić information content (AvgIpc) is 2.31. The number of halogens is 5. The third-order valence-corrected chi connectivity index (χ3v) is 3.31. The van der Waals surface area contributed by atoms with E-state index in [2.05, 4.69) is 4.98 Å². The molecule has 1 aromatic heterocycles. The summed E-state index contributed by atoms with van der Waals surface area (Å²) in [6.07, 6.45) is -3.24. The minimum atomic E-state index is -4.17. The van der Waals surface area contributed by atoms with Crippen molar-refractivity contribution >= 4 is 17.3 Å². The van der Waals surface area contributed by atoms with Crippen molar-refractivity contribution in [2.75, 3.05) is 18.0 Å². The van der Waals surface area contributed by atoms with E-state index in [1.165, 1.54) is 6.07 Å². The Morgan fingerprint density at radius 2 is 1.89 bits per heavy atom. The van der Waals surface area contributed by atoms with Gasteiger partial charge < -0.3 is 4.90 Å². The average molecular weight is 283 g/mol. The zero-order valence-corrected chi connectivity index (χ0v) is 10.1. The lowest BCUT2D eigenvalue weighted by molar-refractivity contribution is -0.179. The van der Waals surface area contributed by atoms with E-state index in [1.807, 2.05) is 0 Å². The molecule has 0 amide bonds. The zero-order chi connectivity index (χ0) is 13.3. The first-order valence-corrected chi connectivity index (χ1v) is 5.88. The Morgan fingerprint density at radius 1 is 1.28 bits per heavy atom.